The van der Waals surface area contributed by atoms with Crippen molar-refractivity contribution in [2.75, 3.05) is 17.5 Å². The van der Waals surface area contributed by atoms with Gasteiger partial charge in [0.25, 0.3) is 10.0 Å². The molecule has 0 saturated heterocycles. The number of sulfonamides is 1. The molecule has 0 spiro atoms. The van der Waals surface area contributed by atoms with Gasteiger partial charge >= 0.3 is 0 Å². The number of rotatable bonds is 3. The number of hydrogen-bond acceptors (Lipinski definition) is 6. The molecule has 1 aliphatic heterocycles. The van der Waals surface area contributed by atoms with E-state index in [1.807, 2.05) is 6.07 Å². The first kappa shape index (κ1) is 18.3. The maximum Gasteiger partial charge on any atom is 0.264 e. The molecule has 0 amide bonds. The zero-order valence-corrected chi connectivity index (χ0v) is 16.7. The van der Waals surface area contributed by atoms with Crippen LogP contribution in [0.1, 0.15) is 11.6 Å². The Kier molecular flexibility index (Phi) is 4.04. The van der Waals surface area contributed by atoms with Crippen LogP contribution in [0.5, 0.6) is 5.75 Å². The first-order chi connectivity index (χ1) is 14.5. The number of aromatic amines is 1. The van der Waals surface area contributed by atoms with E-state index in [0.29, 0.717) is 34.1 Å². The Morgan fingerprint density at radius 3 is 2.83 bits per heavy atom. The van der Waals surface area contributed by atoms with Crippen LogP contribution in [0, 0.1) is 18.3 Å². The number of fused-ring (bicyclic) bond motifs is 2. The standard InChI is InChI=1S/C21H16N4O4S/c1-13-23-18-11-16(4-7-20(18)29-13)30(26,27)25-8-9-28-21-6-2-14(10-19(21)25)17-5-3-15(12-22)24-17/h2-7,10-11,24H,8-9H2,1H3. The third-order valence-electron chi connectivity index (χ3n) is 4.95. The molecule has 3 heterocycles. The van der Waals surface area contributed by atoms with Crippen LogP contribution < -0.4 is 9.04 Å². The zero-order chi connectivity index (χ0) is 20.9. The number of aromatic nitrogens is 2. The van der Waals surface area contributed by atoms with E-state index >= 15 is 0 Å². The van der Waals surface area contributed by atoms with E-state index in [4.69, 9.17) is 14.4 Å². The molecule has 1 N–H and O–H groups in total. The van der Waals surface area contributed by atoms with Gasteiger partial charge in [-0.2, -0.15) is 5.26 Å². The molecule has 4 aromatic rings. The van der Waals surface area contributed by atoms with Gasteiger partial charge in [-0.25, -0.2) is 13.4 Å². The van der Waals surface area contributed by atoms with Crippen LogP contribution in [0.3, 0.4) is 0 Å². The first-order valence-corrected chi connectivity index (χ1v) is 10.7. The molecule has 0 saturated carbocycles. The van der Waals surface area contributed by atoms with Crippen LogP contribution in [-0.4, -0.2) is 31.5 Å². The summed E-state index contributed by atoms with van der Waals surface area (Å²) in [5, 5.41) is 9.04. The van der Waals surface area contributed by atoms with Gasteiger partial charge in [0.05, 0.1) is 17.1 Å². The SMILES string of the molecule is Cc1nc2cc(S(=O)(=O)N3CCOc4ccc(-c5ccc(C#N)[nH]5)cc43)ccc2o1. The van der Waals surface area contributed by atoms with Gasteiger partial charge in [-0.3, -0.25) is 4.31 Å². The Morgan fingerprint density at radius 2 is 2.03 bits per heavy atom. The quantitative estimate of drug-likeness (QED) is 0.542. The third kappa shape index (κ3) is 2.89. The molecular weight excluding hydrogens is 404 g/mol. The second-order valence-electron chi connectivity index (χ2n) is 6.87. The Bertz CT molecular complexity index is 1430. The Labute approximate surface area is 172 Å². The fraction of sp³-hybridized carbons (Fsp3) is 0.143. The van der Waals surface area contributed by atoms with Crippen molar-refractivity contribution in [2.24, 2.45) is 0 Å². The molecule has 0 aliphatic carbocycles. The van der Waals surface area contributed by atoms with Gasteiger partial charge in [-0.1, -0.05) is 0 Å². The van der Waals surface area contributed by atoms with Crippen molar-refractivity contribution in [2.45, 2.75) is 11.8 Å². The average Bonchev–Trinajstić information content (AvgIpc) is 3.37. The van der Waals surface area contributed by atoms with Crippen LogP contribution in [0.2, 0.25) is 0 Å². The number of oxazole rings is 1. The van der Waals surface area contributed by atoms with Gasteiger partial charge in [-0.15, -0.1) is 0 Å². The van der Waals surface area contributed by atoms with Crippen LogP contribution in [0.4, 0.5) is 5.69 Å². The van der Waals surface area contributed by atoms with Crippen LogP contribution >= 0.6 is 0 Å². The first-order valence-electron chi connectivity index (χ1n) is 9.22. The molecule has 0 radical (unpaired) electrons. The number of H-pyrrole nitrogens is 1. The van der Waals surface area contributed by atoms with Gasteiger partial charge in [0, 0.05) is 18.2 Å². The number of nitrogens with one attached hydrogen (secondary N) is 1. The van der Waals surface area contributed by atoms with E-state index in [9.17, 15) is 8.42 Å². The van der Waals surface area contributed by atoms with E-state index in [1.165, 1.54) is 16.4 Å². The minimum Gasteiger partial charge on any atom is -0.489 e. The van der Waals surface area contributed by atoms with E-state index < -0.39 is 10.0 Å². The highest BCUT2D eigenvalue weighted by atomic mass is 32.2. The Balaban J connectivity index is 1.60. The lowest BCUT2D eigenvalue weighted by Gasteiger charge is -2.30. The number of nitriles is 1. The lowest BCUT2D eigenvalue weighted by atomic mass is 10.1. The third-order valence-corrected chi connectivity index (χ3v) is 6.76. The maximum absolute atomic E-state index is 13.5. The van der Waals surface area contributed by atoms with Crippen molar-refractivity contribution >= 4 is 26.8 Å². The minimum absolute atomic E-state index is 0.133. The predicted octanol–water partition coefficient (Wildman–Crippen LogP) is 3.59. The monoisotopic (exact) mass is 420 g/mol. The highest BCUT2D eigenvalue weighted by Crippen LogP contribution is 2.38. The second kappa shape index (κ2) is 6.64. The number of hydrogen-bond donors (Lipinski definition) is 1. The molecule has 1 aliphatic rings. The molecule has 150 valence electrons. The van der Waals surface area contributed by atoms with E-state index in [2.05, 4.69) is 16.0 Å². The van der Waals surface area contributed by atoms with Crippen LogP contribution in [0.15, 0.2) is 57.8 Å². The van der Waals surface area contributed by atoms with Crippen molar-refractivity contribution in [1.29, 1.82) is 5.26 Å². The summed E-state index contributed by atoms with van der Waals surface area (Å²) in [4.78, 5) is 7.37. The highest BCUT2D eigenvalue weighted by molar-refractivity contribution is 7.92. The molecular formula is C21H16N4O4S. The summed E-state index contributed by atoms with van der Waals surface area (Å²) in [5.74, 6) is 0.961. The largest absolute Gasteiger partial charge is 0.489 e. The highest BCUT2D eigenvalue weighted by Gasteiger charge is 2.31. The van der Waals surface area contributed by atoms with Crippen molar-refractivity contribution < 1.29 is 17.6 Å². The summed E-state index contributed by atoms with van der Waals surface area (Å²) < 4.78 is 39.4. The summed E-state index contributed by atoms with van der Waals surface area (Å²) in [6.07, 6.45) is 0. The maximum atomic E-state index is 13.5. The number of anilines is 1. The number of nitrogens with zero attached hydrogens (tertiary/aromatic N) is 3. The van der Waals surface area contributed by atoms with Crippen molar-refractivity contribution in [1.82, 2.24) is 9.97 Å². The van der Waals surface area contributed by atoms with Crippen LogP contribution in [0.25, 0.3) is 22.4 Å². The molecule has 2 aromatic carbocycles. The van der Waals surface area contributed by atoms with Gasteiger partial charge in [-0.05, 0) is 48.5 Å². The summed E-state index contributed by atoms with van der Waals surface area (Å²) in [6, 6.07) is 15.5. The van der Waals surface area contributed by atoms with Crippen LogP contribution in [-0.2, 0) is 10.0 Å². The smallest absolute Gasteiger partial charge is 0.264 e. The van der Waals surface area contributed by atoms with E-state index in [-0.39, 0.29) is 18.0 Å². The summed E-state index contributed by atoms with van der Waals surface area (Å²) >= 11 is 0. The molecule has 2 aromatic heterocycles. The van der Waals surface area contributed by atoms with E-state index in [0.717, 1.165) is 11.3 Å². The van der Waals surface area contributed by atoms with Gasteiger partial charge in [0.15, 0.2) is 11.5 Å². The second-order valence-corrected chi connectivity index (χ2v) is 8.73. The molecule has 5 rings (SSSR count). The molecule has 0 atom stereocenters. The summed E-state index contributed by atoms with van der Waals surface area (Å²) in [6.45, 7) is 2.15. The number of benzene rings is 2. The number of ether oxygens (including phenoxy) is 1. The summed E-state index contributed by atoms with van der Waals surface area (Å²) in [7, 11) is -3.85. The van der Waals surface area contributed by atoms with Gasteiger partial charge in [0.1, 0.15) is 29.6 Å². The molecule has 9 heteroatoms. The molecule has 0 fully saturated rings. The predicted molar refractivity (Wildman–Crippen MR) is 110 cm³/mol. The zero-order valence-electron chi connectivity index (χ0n) is 15.9. The number of aryl methyl sites for hydroxylation is 1. The van der Waals surface area contributed by atoms with Gasteiger partial charge < -0.3 is 14.1 Å². The fourth-order valence-electron chi connectivity index (χ4n) is 3.55. The summed E-state index contributed by atoms with van der Waals surface area (Å²) in [5.41, 5.74) is 3.38. The lowest BCUT2D eigenvalue weighted by Crippen LogP contribution is -2.37. The van der Waals surface area contributed by atoms with Crippen molar-refractivity contribution in [3.8, 4) is 23.1 Å². The van der Waals surface area contributed by atoms with E-state index in [1.54, 1.807) is 37.3 Å². The minimum atomic E-state index is -3.85. The van der Waals surface area contributed by atoms with Crippen molar-refractivity contribution in [3.63, 3.8) is 0 Å². The van der Waals surface area contributed by atoms with Gasteiger partial charge in [0.2, 0.25) is 0 Å². The lowest BCUT2D eigenvalue weighted by molar-refractivity contribution is 0.316. The molecule has 30 heavy (non-hydrogen) atoms. The normalized spacial score (nSPS) is 13.7. The molecule has 0 bridgehead atoms. The van der Waals surface area contributed by atoms with Crippen molar-refractivity contribution in [3.05, 3.63) is 60.1 Å². The average molecular weight is 420 g/mol. The molecule has 0 unspecified atom stereocenters. The molecule has 8 nitrogen and oxygen atoms in total. The Morgan fingerprint density at radius 1 is 1.17 bits per heavy atom. The topological polar surface area (TPSA) is 112 Å². The fourth-order valence-corrected chi connectivity index (χ4v) is 5.02. The Hall–Kier alpha value is -3.77.